The molecular formula is C22H43NO5. The molecule has 0 aromatic heterocycles. The Morgan fingerprint density at radius 1 is 0.786 bits per heavy atom. The Hall–Kier alpha value is -0.690. The van der Waals surface area contributed by atoms with Gasteiger partial charge >= 0.3 is 0 Å². The molecule has 6 nitrogen and oxygen atoms in total. The Kier molecular flexibility index (Phi) is 14.6. The van der Waals surface area contributed by atoms with Crippen LogP contribution in [0.5, 0.6) is 0 Å². The molecule has 6 heteroatoms. The summed E-state index contributed by atoms with van der Waals surface area (Å²) in [4.78, 5) is 11.9. The highest BCUT2D eigenvalue weighted by Gasteiger charge is 2.24. The third-order valence-corrected chi connectivity index (χ3v) is 5.27. The number of carbonyl (C=O) groups is 1. The zero-order valence-corrected chi connectivity index (χ0v) is 18.5. The minimum atomic E-state index is -0.0196. The maximum Gasteiger partial charge on any atom is 0.246 e. The van der Waals surface area contributed by atoms with Crippen LogP contribution in [0.3, 0.4) is 0 Å². The summed E-state index contributed by atoms with van der Waals surface area (Å²) in [6.45, 7) is 13.0. The number of ether oxygens (including phenoxy) is 4. The number of hydrogen-bond donors (Lipinski definition) is 1. The van der Waals surface area contributed by atoms with Crippen LogP contribution in [-0.2, 0) is 23.7 Å². The van der Waals surface area contributed by atoms with Gasteiger partial charge in [-0.3, -0.25) is 4.79 Å². The number of hydrogen-bond acceptors (Lipinski definition) is 5. The zero-order valence-electron chi connectivity index (χ0n) is 18.5. The van der Waals surface area contributed by atoms with Crippen molar-refractivity contribution in [2.75, 3.05) is 52.9 Å². The summed E-state index contributed by atoms with van der Waals surface area (Å²) >= 11 is 0. The third kappa shape index (κ3) is 13.5. The summed E-state index contributed by atoms with van der Waals surface area (Å²) in [5, 5.41) is 3.09. The standard InChI is InChI=1S/C22H43NO5/c1-18(2)9-10-25-11-12-26-13-14-27-15-16-28-17-22(24)23-21-7-5-20(6-8-21)19(3)4/h18-21H,5-17H2,1-4H3,(H,23,24). The van der Waals surface area contributed by atoms with Crippen LogP contribution in [0, 0.1) is 17.8 Å². The van der Waals surface area contributed by atoms with Crippen LogP contribution in [0.4, 0.5) is 0 Å². The molecule has 0 bridgehead atoms. The Morgan fingerprint density at radius 3 is 1.79 bits per heavy atom. The fraction of sp³-hybridized carbons (Fsp3) is 0.955. The van der Waals surface area contributed by atoms with Gasteiger partial charge in [0.25, 0.3) is 0 Å². The number of nitrogens with one attached hydrogen (secondary N) is 1. The summed E-state index contributed by atoms with van der Waals surface area (Å²) in [6.07, 6.45) is 5.67. The average Bonchev–Trinajstić information content (AvgIpc) is 2.65. The molecule has 0 saturated heterocycles. The highest BCUT2D eigenvalue weighted by atomic mass is 16.6. The van der Waals surface area contributed by atoms with Crippen molar-refractivity contribution in [1.29, 1.82) is 0 Å². The molecule has 0 radical (unpaired) electrons. The summed E-state index contributed by atoms with van der Waals surface area (Å²) in [5.74, 6) is 2.21. The molecule has 1 saturated carbocycles. The predicted octanol–water partition coefficient (Wildman–Crippen LogP) is 3.43. The molecule has 1 amide bonds. The maximum atomic E-state index is 11.9. The van der Waals surface area contributed by atoms with Crippen molar-refractivity contribution >= 4 is 5.91 Å². The summed E-state index contributed by atoms with van der Waals surface area (Å²) in [6, 6.07) is 0.314. The lowest BCUT2D eigenvalue weighted by Crippen LogP contribution is -2.40. The number of amides is 1. The highest BCUT2D eigenvalue weighted by molar-refractivity contribution is 5.77. The number of rotatable bonds is 16. The second-order valence-corrected chi connectivity index (χ2v) is 8.50. The van der Waals surface area contributed by atoms with Crippen molar-refractivity contribution in [3.8, 4) is 0 Å². The van der Waals surface area contributed by atoms with Gasteiger partial charge in [0.15, 0.2) is 0 Å². The van der Waals surface area contributed by atoms with E-state index in [0.717, 1.165) is 37.7 Å². The van der Waals surface area contributed by atoms with Gasteiger partial charge in [0, 0.05) is 12.6 Å². The molecule has 0 unspecified atom stereocenters. The van der Waals surface area contributed by atoms with Gasteiger partial charge in [-0.05, 0) is 49.9 Å². The van der Waals surface area contributed by atoms with Crippen molar-refractivity contribution in [2.45, 2.75) is 65.8 Å². The van der Waals surface area contributed by atoms with Gasteiger partial charge in [0.2, 0.25) is 5.91 Å². The maximum absolute atomic E-state index is 11.9. The van der Waals surface area contributed by atoms with Crippen molar-refractivity contribution < 1.29 is 23.7 Å². The molecule has 28 heavy (non-hydrogen) atoms. The summed E-state index contributed by atoms with van der Waals surface area (Å²) < 4.78 is 21.7. The van der Waals surface area contributed by atoms with Crippen LogP contribution < -0.4 is 5.32 Å². The Balaban J connectivity index is 1.83. The third-order valence-electron chi connectivity index (χ3n) is 5.27. The van der Waals surface area contributed by atoms with E-state index >= 15 is 0 Å². The van der Waals surface area contributed by atoms with Gasteiger partial charge in [-0.1, -0.05) is 27.7 Å². The van der Waals surface area contributed by atoms with E-state index in [-0.39, 0.29) is 12.5 Å². The van der Waals surface area contributed by atoms with E-state index in [1.807, 2.05) is 0 Å². The Morgan fingerprint density at radius 2 is 1.29 bits per heavy atom. The molecule has 1 rings (SSSR count). The predicted molar refractivity (Wildman–Crippen MR) is 111 cm³/mol. The monoisotopic (exact) mass is 401 g/mol. The van der Waals surface area contributed by atoms with Gasteiger partial charge in [-0.15, -0.1) is 0 Å². The van der Waals surface area contributed by atoms with Crippen LogP contribution in [0.1, 0.15) is 59.8 Å². The second-order valence-electron chi connectivity index (χ2n) is 8.50. The first-order valence-corrected chi connectivity index (χ1v) is 11.1. The van der Waals surface area contributed by atoms with E-state index in [1.165, 1.54) is 12.8 Å². The number of carbonyl (C=O) groups excluding carboxylic acids is 1. The Bertz CT molecular complexity index is 381. The minimum Gasteiger partial charge on any atom is -0.379 e. The lowest BCUT2D eigenvalue weighted by molar-refractivity contribution is -0.127. The van der Waals surface area contributed by atoms with Gasteiger partial charge in [-0.2, -0.15) is 0 Å². The molecule has 0 aromatic rings. The van der Waals surface area contributed by atoms with Crippen LogP contribution in [0.15, 0.2) is 0 Å². The molecule has 1 aliphatic carbocycles. The van der Waals surface area contributed by atoms with E-state index in [9.17, 15) is 4.79 Å². The van der Waals surface area contributed by atoms with Crippen molar-refractivity contribution in [3.63, 3.8) is 0 Å². The first kappa shape index (κ1) is 25.3. The molecule has 0 heterocycles. The molecule has 0 aliphatic heterocycles. The smallest absolute Gasteiger partial charge is 0.246 e. The van der Waals surface area contributed by atoms with Gasteiger partial charge in [0.1, 0.15) is 6.61 Å². The quantitative estimate of drug-likeness (QED) is 0.401. The molecule has 1 aliphatic rings. The van der Waals surface area contributed by atoms with E-state index in [0.29, 0.717) is 51.6 Å². The van der Waals surface area contributed by atoms with Crippen molar-refractivity contribution in [3.05, 3.63) is 0 Å². The summed E-state index contributed by atoms with van der Waals surface area (Å²) in [5.41, 5.74) is 0. The van der Waals surface area contributed by atoms with Crippen LogP contribution >= 0.6 is 0 Å². The lowest BCUT2D eigenvalue weighted by atomic mass is 9.80. The van der Waals surface area contributed by atoms with Gasteiger partial charge in [-0.25, -0.2) is 0 Å². The van der Waals surface area contributed by atoms with Crippen molar-refractivity contribution in [1.82, 2.24) is 5.32 Å². The minimum absolute atomic E-state index is 0.0196. The second kappa shape index (κ2) is 16.1. The lowest BCUT2D eigenvalue weighted by Gasteiger charge is -2.31. The van der Waals surface area contributed by atoms with E-state index in [2.05, 4.69) is 33.0 Å². The molecule has 1 fully saturated rings. The molecule has 0 atom stereocenters. The molecular weight excluding hydrogens is 358 g/mol. The fourth-order valence-corrected chi connectivity index (χ4v) is 3.34. The zero-order chi connectivity index (χ0) is 20.6. The average molecular weight is 402 g/mol. The van der Waals surface area contributed by atoms with Crippen molar-refractivity contribution in [2.24, 2.45) is 17.8 Å². The molecule has 1 N–H and O–H groups in total. The fourth-order valence-electron chi connectivity index (χ4n) is 3.34. The van der Waals surface area contributed by atoms with E-state index < -0.39 is 0 Å². The van der Waals surface area contributed by atoms with E-state index in [1.54, 1.807) is 0 Å². The van der Waals surface area contributed by atoms with E-state index in [4.69, 9.17) is 18.9 Å². The van der Waals surface area contributed by atoms with Crippen LogP contribution in [0.25, 0.3) is 0 Å². The van der Waals surface area contributed by atoms with Crippen LogP contribution in [0.2, 0.25) is 0 Å². The topological polar surface area (TPSA) is 66.0 Å². The first-order valence-electron chi connectivity index (χ1n) is 11.1. The SMILES string of the molecule is CC(C)CCOCCOCCOCCOCC(=O)NC1CCC(C(C)C)CC1. The van der Waals surface area contributed by atoms with Gasteiger partial charge < -0.3 is 24.3 Å². The van der Waals surface area contributed by atoms with Crippen LogP contribution in [-0.4, -0.2) is 64.8 Å². The first-order chi connectivity index (χ1) is 13.5. The Labute approximate surface area is 172 Å². The summed E-state index contributed by atoms with van der Waals surface area (Å²) in [7, 11) is 0. The highest BCUT2D eigenvalue weighted by Crippen LogP contribution is 2.29. The molecule has 166 valence electrons. The molecule has 0 aromatic carbocycles. The molecule has 0 spiro atoms. The van der Waals surface area contributed by atoms with Gasteiger partial charge in [0.05, 0.1) is 39.6 Å². The normalized spacial score (nSPS) is 20.1. The largest absolute Gasteiger partial charge is 0.379 e.